The third-order valence-corrected chi connectivity index (χ3v) is 4.37. The van der Waals surface area contributed by atoms with Crippen molar-refractivity contribution in [3.8, 4) is 0 Å². The molecule has 0 radical (unpaired) electrons. The van der Waals surface area contributed by atoms with Crippen LogP contribution in [-0.4, -0.2) is 28.1 Å². The lowest BCUT2D eigenvalue weighted by Crippen LogP contribution is -2.42. The van der Waals surface area contributed by atoms with Crippen molar-refractivity contribution in [1.82, 2.24) is 9.88 Å². The monoisotopic (exact) mass is 353 g/mol. The molecular formula is C21H27N3O2. The minimum Gasteiger partial charge on any atom is -0.444 e. The molecule has 138 valence electrons. The number of piperidine rings is 1. The molecule has 0 saturated carbocycles. The van der Waals surface area contributed by atoms with Crippen molar-refractivity contribution in [2.45, 2.75) is 51.7 Å². The second-order valence-electron chi connectivity index (χ2n) is 7.62. The minimum atomic E-state index is -0.501. The second-order valence-corrected chi connectivity index (χ2v) is 7.62. The Morgan fingerprint density at radius 3 is 2.65 bits per heavy atom. The van der Waals surface area contributed by atoms with Crippen LogP contribution in [-0.2, 0) is 4.74 Å². The van der Waals surface area contributed by atoms with Gasteiger partial charge in [-0.1, -0.05) is 24.3 Å². The maximum Gasteiger partial charge on any atom is 0.410 e. The Labute approximate surface area is 155 Å². The van der Waals surface area contributed by atoms with Gasteiger partial charge in [-0.25, -0.2) is 9.78 Å². The van der Waals surface area contributed by atoms with Crippen LogP contribution in [0, 0.1) is 0 Å². The van der Waals surface area contributed by atoms with Crippen molar-refractivity contribution in [1.29, 1.82) is 0 Å². The van der Waals surface area contributed by atoms with Crippen molar-refractivity contribution < 1.29 is 9.53 Å². The number of carbonyl (C=O) groups is 1. The molecule has 2 aromatic rings. The molecule has 0 unspecified atom stereocenters. The summed E-state index contributed by atoms with van der Waals surface area (Å²) in [6.45, 7) is 6.40. The predicted molar refractivity (Wildman–Crippen MR) is 103 cm³/mol. The van der Waals surface area contributed by atoms with E-state index in [1.807, 2.05) is 68.1 Å². The number of hydrogen-bond acceptors (Lipinski definition) is 4. The number of para-hydroxylation sites is 1. The first kappa shape index (κ1) is 18.2. The first-order chi connectivity index (χ1) is 12.4. The van der Waals surface area contributed by atoms with Gasteiger partial charge in [-0.05, 0) is 58.2 Å². The molecule has 1 aromatic heterocycles. The molecule has 2 heterocycles. The summed E-state index contributed by atoms with van der Waals surface area (Å²) < 4.78 is 5.63. The number of nitrogens with one attached hydrogen (secondary N) is 1. The van der Waals surface area contributed by atoms with E-state index in [4.69, 9.17) is 4.74 Å². The van der Waals surface area contributed by atoms with Gasteiger partial charge in [-0.3, -0.25) is 0 Å². The smallest absolute Gasteiger partial charge is 0.410 e. The Hall–Kier alpha value is -2.56. The van der Waals surface area contributed by atoms with Crippen LogP contribution in [0.15, 0.2) is 48.7 Å². The zero-order valence-electron chi connectivity index (χ0n) is 15.7. The van der Waals surface area contributed by atoms with Crippen LogP contribution in [0.2, 0.25) is 0 Å². The normalized spacial score (nSPS) is 17.7. The fraction of sp³-hybridized carbons (Fsp3) is 0.429. The quantitative estimate of drug-likeness (QED) is 0.815. The van der Waals surface area contributed by atoms with Gasteiger partial charge < -0.3 is 15.0 Å². The first-order valence-corrected chi connectivity index (χ1v) is 9.21. The van der Waals surface area contributed by atoms with Crippen molar-refractivity contribution >= 4 is 17.6 Å². The number of nitrogens with zero attached hydrogens (tertiary/aromatic N) is 2. The molecule has 1 aliphatic heterocycles. The van der Waals surface area contributed by atoms with Crippen molar-refractivity contribution in [3.05, 3.63) is 54.2 Å². The number of benzene rings is 1. The maximum atomic E-state index is 12.7. The second kappa shape index (κ2) is 7.77. The molecule has 1 atom stereocenters. The molecule has 1 aliphatic rings. The van der Waals surface area contributed by atoms with Gasteiger partial charge in [0.1, 0.15) is 11.4 Å². The van der Waals surface area contributed by atoms with E-state index in [0.29, 0.717) is 6.54 Å². The zero-order chi connectivity index (χ0) is 18.6. The lowest BCUT2D eigenvalue weighted by Gasteiger charge is -2.37. The lowest BCUT2D eigenvalue weighted by molar-refractivity contribution is 0.00958. The average molecular weight is 353 g/mol. The molecule has 0 spiro atoms. The van der Waals surface area contributed by atoms with Gasteiger partial charge in [0.05, 0.1) is 6.04 Å². The SMILES string of the molecule is CC(C)(C)OC(=O)N1CCCC[C@@H]1c1cccnc1Nc1ccccc1. The fourth-order valence-electron chi connectivity index (χ4n) is 3.24. The summed E-state index contributed by atoms with van der Waals surface area (Å²) in [5.41, 5.74) is 1.51. The zero-order valence-corrected chi connectivity index (χ0v) is 15.7. The van der Waals surface area contributed by atoms with E-state index in [2.05, 4.69) is 10.3 Å². The topological polar surface area (TPSA) is 54.5 Å². The molecule has 1 saturated heterocycles. The van der Waals surface area contributed by atoms with E-state index in [1.54, 1.807) is 6.20 Å². The molecule has 1 N–H and O–H groups in total. The third kappa shape index (κ3) is 4.54. The molecule has 0 bridgehead atoms. The van der Waals surface area contributed by atoms with Gasteiger partial charge in [0, 0.05) is 24.0 Å². The fourth-order valence-corrected chi connectivity index (χ4v) is 3.24. The summed E-state index contributed by atoms with van der Waals surface area (Å²) in [5.74, 6) is 0.791. The van der Waals surface area contributed by atoms with E-state index in [-0.39, 0.29) is 12.1 Å². The van der Waals surface area contributed by atoms with E-state index in [0.717, 1.165) is 36.3 Å². The molecule has 5 heteroatoms. The van der Waals surface area contributed by atoms with Gasteiger partial charge in [0.15, 0.2) is 0 Å². The summed E-state index contributed by atoms with van der Waals surface area (Å²) in [6, 6.07) is 13.9. The van der Waals surface area contributed by atoms with Crippen molar-refractivity contribution in [3.63, 3.8) is 0 Å². The lowest BCUT2D eigenvalue weighted by atomic mass is 9.96. The molecule has 1 amide bonds. The van der Waals surface area contributed by atoms with Crippen molar-refractivity contribution in [2.24, 2.45) is 0 Å². The number of hydrogen-bond donors (Lipinski definition) is 1. The first-order valence-electron chi connectivity index (χ1n) is 9.21. The van der Waals surface area contributed by atoms with Crippen LogP contribution in [0.1, 0.15) is 51.6 Å². The number of ether oxygens (including phenoxy) is 1. The number of carbonyl (C=O) groups excluding carboxylic acids is 1. The number of anilines is 2. The standard InChI is InChI=1S/C21H27N3O2/c1-21(2,3)26-20(25)24-15-8-7-13-18(24)17-12-9-14-22-19(17)23-16-10-5-4-6-11-16/h4-6,9-12,14,18H,7-8,13,15H2,1-3H3,(H,22,23)/t18-/m1/s1. The van der Waals surface area contributed by atoms with E-state index in [1.165, 1.54) is 0 Å². The Bertz CT molecular complexity index is 740. The van der Waals surface area contributed by atoms with Gasteiger partial charge >= 0.3 is 6.09 Å². The maximum absolute atomic E-state index is 12.7. The Morgan fingerprint density at radius 1 is 1.15 bits per heavy atom. The van der Waals surface area contributed by atoms with Gasteiger partial charge in [-0.2, -0.15) is 0 Å². The summed E-state index contributed by atoms with van der Waals surface area (Å²) >= 11 is 0. The highest BCUT2D eigenvalue weighted by Gasteiger charge is 2.32. The number of pyridine rings is 1. The van der Waals surface area contributed by atoms with Crippen LogP contribution in [0.5, 0.6) is 0 Å². The van der Waals surface area contributed by atoms with Crippen LogP contribution < -0.4 is 5.32 Å². The van der Waals surface area contributed by atoms with E-state index in [9.17, 15) is 4.79 Å². The van der Waals surface area contributed by atoms with E-state index < -0.39 is 5.60 Å². The molecule has 1 fully saturated rings. The molecule has 26 heavy (non-hydrogen) atoms. The predicted octanol–water partition coefficient (Wildman–Crippen LogP) is 5.29. The highest BCUT2D eigenvalue weighted by molar-refractivity contribution is 5.70. The van der Waals surface area contributed by atoms with Crippen LogP contribution in [0.3, 0.4) is 0 Å². The minimum absolute atomic E-state index is 0.0292. The summed E-state index contributed by atoms with van der Waals surface area (Å²) in [6.07, 6.45) is 4.52. The Morgan fingerprint density at radius 2 is 1.92 bits per heavy atom. The van der Waals surface area contributed by atoms with Crippen LogP contribution in [0.25, 0.3) is 0 Å². The number of aromatic nitrogens is 1. The van der Waals surface area contributed by atoms with Gasteiger partial charge in [-0.15, -0.1) is 0 Å². The third-order valence-electron chi connectivity index (χ3n) is 4.37. The van der Waals surface area contributed by atoms with Crippen molar-refractivity contribution in [2.75, 3.05) is 11.9 Å². The summed E-state index contributed by atoms with van der Waals surface area (Å²) in [7, 11) is 0. The molecule has 3 rings (SSSR count). The number of likely N-dealkylation sites (tertiary alicyclic amines) is 1. The van der Waals surface area contributed by atoms with Crippen LogP contribution in [0.4, 0.5) is 16.3 Å². The molecule has 0 aliphatic carbocycles. The highest BCUT2D eigenvalue weighted by Crippen LogP contribution is 2.36. The Kier molecular flexibility index (Phi) is 5.45. The molecule has 5 nitrogen and oxygen atoms in total. The van der Waals surface area contributed by atoms with Crippen LogP contribution >= 0.6 is 0 Å². The molecular weight excluding hydrogens is 326 g/mol. The number of amides is 1. The number of rotatable bonds is 3. The summed E-state index contributed by atoms with van der Waals surface area (Å²) in [5, 5.41) is 3.39. The largest absolute Gasteiger partial charge is 0.444 e. The van der Waals surface area contributed by atoms with E-state index >= 15 is 0 Å². The average Bonchev–Trinajstić information content (AvgIpc) is 2.62. The molecule has 1 aromatic carbocycles. The Balaban J connectivity index is 1.87. The van der Waals surface area contributed by atoms with Gasteiger partial charge in [0.25, 0.3) is 0 Å². The highest BCUT2D eigenvalue weighted by atomic mass is 16.6. The summed E-state index contributed by atoms with van der Waals surface area (Å²) in [4.78, 5) is 19.1. The van der Waals surface area contributed by atoms with Gasteiger partial charge in [0.2, 0.25) is 0 Å².